The summed E-state index contributed by atoms with van der Waals surface area (Å²) in [4.78, 5) is 25.6. The number of rotatable bonds is 5. The highest BCUT2D eigenvalue weighted by atomic mass is 16.2. The highest BCUT2D eigenvalue weighted by Gasteiger charge is 2.20. The quantitative estimate of drug-likeness (QED) is 0.762. The molecular formula is C16H24N4O2. The first kappa shape index (κ1) is 16.5. The van der Waals surface area contributed by atoms with Crippen LogP contribution in [0, 0.1) is 5.92 Å². The third-order valence-corrected chi connectivity index (χ3v) is 3.56. The first-order valence-corrected chi connectivity index (χ1v) is 7.61. The molecular weight excluding hydrogens is 280 g/mol. The molecule has 6 nitrogen and oxygen atoms in total. The van der Waals surface area contributed by atoms with Gasteiger partial charge in [0.05, 0.1) is 12.5 Å². The Morgan fingerprint density at radius 1 is 1.18 bits per heavy atom. The lowest BCUT2D eigenvalue weighted by molar-refractivity contribution is -0.120. The van der Waals surface area contributed by atoms with Crippen molar-refractivity contribution in [1.82, 2.24) is 10.2 Å². The highest BCUT2D eigenvalue weighted by Crippen LogP contribution is 2.16. The standard InChI is InChI=1S/C16H24N4O2/c1-20(2)11-15(21)18-13-5-7-14(8-6-13)19-16(22)12-4-3-9-17-10-12/h5-8,12,17H,3-4,9-11H2,1-2H3,(H,18,21)(H,19,22). The lowest BCUT2D eigenvalue weighted by Crippen LogP contribution is -2.37. The smallest absolute Gasteiger partial charge is 0.238 e. The maximum atomic E-state index is 12.1. The summed E-state index contributed by atoms with van der Waals surface area (Å²) < 4.78 is 0. The van der Waals surface area contributed by atoms with Crippen molar-refractivity contribution in [2.24, 2.45) is 5.92 Å². The molecule has 0 bridgehead atoms. The number of benzene rings is 1. The summed E-state index contributed by atoms with van der Waals surface area (Å²) in [6.45, 7) is 2.07. The molecule has 0 spiro atoms. The Morgan fingerprint density at radius 2 is 1.82 bits per heavy atom. The lowest BCUT2D eigenvalue weighted by Gasteiger charge is -2.21. The molecule has 1 fully saturated rings. The van der Waals surface area contributed by atoms with Crippen LogP contribution in [0.1, 0.15) is 12.8 Å². The molecule has 0 aliphatic carbocycles. The highest BCUT2D eigenvalue weighted by molar-refractivity contribution is 5.94. The number of carbonyl (C=O) groups excluding carboxylic acids is 2. The Labute approximate surface area is 131 Å². The molecule has 0 radical (unpaired) electrons. The van der Waals surface area contributed by atoms with E-state index in [1.54, 1.807) is 24.3 Å². The molecule has 0 aromatic heterocycles. The van der Waals surface area contributed by atoms with Gasteiger partial charge < -0.3 is 20.9 Å². The van der Waals surface area contributed by atoms with Gasteiger partial charge in [0.2, 0.25) is 11.8 Å². The monoisotopic (exact) mass is 304 g/mol. The number of hydrogen-bond donors (Lipinski definition) is 3. The molecule has 2 rings (SSSR count). The van der Waals surface area contributed by atoms with Crippen molar-refractivity contribution in [1.29, 1.82) is 0 Å². The van der Waals surface area contributed by atoms with Crippen LogP contribution in [-0.2, 0) is 9.59 Å². The molecule has 6 heteroatoms. The van der Waals surface area contributed by atoms with Crippen LogP contribution in [0.4, 0.5) is 11.4 Å². The van der Waals surface area contributed by atoms with Crippen LogP contribution < -0.4 is 16.0 Å². The second kappa shape index (κ2) is 7.91. The van der Waals surface area contributed by atoms with Gasteiger partial charge in [-0.25, -0.2) is 0 Å². The second-order valence-corrected chi connectivity index (χ2v) is 5.90. The minimum Gasteiger partial charge on any atom is -0.326 e. The van der Waals surface area contributed by atoms with E-state index in [1.165, 1.54) is 0 Å². The van der Waals surface area contributed by atoms with Gasteiger partial charge in [-0.05, 0) is 57.7 Å². The summed E-state index contributed by atoms with van der Waals surface area (Å²) in [7, 11) is 3.69. The number of piperidine rings is 1. The number of anilines is 2. The number of amides is 2. The van der Waals surface area contributed by atoms with Gasteiger partial charge in [0.25, 0.3) is 0 Å². The Hall–Kier alpha value is -1.92. The topological polar surface area (TPSA) is 73.5 Å². The van der Waals surface area contributed by atoms with Crippen molar-refractivity contribution in [3.63, 3.8) is 0 Å². The summed E-state index contributed by atoms with van der Waals surface area (Å²) in [5.41, 5.74) is 1.48. The van der Waals surface area contributed by atoms with E-state index >= 15 is 0 Å². The van der Waals surface area contributed by atoms with Crippen molar-refractivity contribution in [3.8, 4) is 0 Å². The van der Waals surface area contributed by atoms with Crippen molar-refractivity contribution < 1.29 is 9.59 Å². The molecule has 1 aromatic rings. The van der Waals surface area contributed by atoms with Crippen LogP contribution in [0.15, 0.2) is 24.3 Å². The minimum absolute atomic E-state index is 0.0354. The third-order valence-electron chi connectivity index (χ3n) is 3.56. The summed E-state index contributed by atoms with van der Waals surface area (Å²) in [5.74, 6) is 0.0277. The van der Waals surface area contributed by atoms with E-state index in [1.807, 2.05) is 19.0 Å². The summed E-state index contributed by atoms with van der Waals surface area (Å²) in [5, 5.41) is 8.97. The number of nitrogens with zero attached hydrogens (tertiary/aromatic N) is 1. The van der Waals surface area contributed by atoms with Gasteiger partial charge in [-0.3, -0.25) is 9.59 Å². The van der Waals surface area contributed by atoms with Gasteiger partial charge in [-0.15, -0.1) is 0 Å². The third kappa shape index (κ3) is 5.13. The van der Waals surface area contributed by atoms with Gasteiger partial charge >= 0.3 is 0 Å². The molecule has 3 N–H and O–H groups in total. The fraction of sp³-hybridized carbons (Fsp3) is 0.500. The van der Waals surface area contributed by atoms with Gasteiger partial charge in [0.1, 0.15) is 0 Å². The Bertz CT molecular complexity index is 507. The van der Waals surface area contributed by atoms with Crippen molar-refractivity contribution >= 4 is 23.2 Å². The molecule has 2 amide bonds. The lowest BCUT2D eigenvalue weighted by atomic mass is 9.99. The van der Waals surface area contributed by atoms with Crippen LogP contribution >= 0.6 is 0 Å². The minimum atomic E-state index is -0.0601. The largest absolute Gasteiger partial charge is 0.326 e. The van der Waals surface area contributed by atoms with Crippen molar-refractivity contribution in [2.45, 2.75) is 12.8 Å². The van der Waals surface area contributed by atoms with E-state index in [0.29, 0.717) is 6.54 Å². The average molecular weight is 304 g/mol. The molecule has 1 aliphatic rings. The van der Waals surface area contributed by atoms with Gasteiger partial charge in [0, 0.05) is 17.9 Å². The fourth-order valence-corrected chi connectivity index (χ4v) is 2.44. The SMILES string of the molecule is CN(C)CC(=O)Nc1ccc(NC(=O)C2CCCNC2)cc1. The van der Waals surface area contributed by atoms with E-state index < -0.39 is 0 Å². The molecule has 1 aliphatic heterocycles. The summed E-state index contributed by atoms with van der Waals surface area (Å²) in [6, 6.07) is 7.20. The first-order chi connectivity index (χ1) is 10.5. The molecule has 22 heavy (non-hydrogen) atoms. The summed E-state index contributed by atoms with van der Waals surface area (Å²) in [6.07, 6.45) is 1.96. The first-order valence-electron chi connectivity index (χ1n) is 7.61. The molecule has 1 heterocycles. The normalized spacial score (nSPS) is 18.0. The summed E-state index contributed by atoms with van der Waals surface area (Å²) >= 11 is 0. The van der Waals surface area contributed by atoms with Gasteiger partial charge in [-0.2, -0.15) is 0 Å². The van der Waals surface area contributed by atoms with Crippen LogP contribution in [0.25, 0.3) is 0 Å². The zero-order valence-electron chi connectivity index (χ0n) is 13.2. The Kier molecular flexibility index (Phi) is 5.91. The van der Waals surface area contributed by atoms with Gasteiger partial charge in [0.15, 0.2) is 0 Å². The molecule has 1 unspecified atom stereocenters. The van der Waals surface area contributed by atoms with Crippen LogP contribution in [-0.4, -0.2) is 50.4 Å². The average Bonchev–Trinajstić information content (AvgIpc) is 2.49. The van der Waals surface area contributed by atoms with Crippen molar-refractivity contribution in [2.75, 3.05) is 44.4 Å². The predicted molar refractivity (Wildman–Crippen MR) is 87.8 cm³/mol. The van der Waals surface area contributed by atoms with Gasteiger partial charge in [-0.1, -0.05) is 0 Å². The van der Waals surface area contributed by atoms with E-state index in [2.05, 4.69) is 16.0 Å². The van der Waals surface area contributed by atoms with E-state index in [-0.39, 0.29) is 17.7 Å². The molecule has 120 valence electrons. The number of carbonyl (C=O) groups is 2. The molecule has 1 atom stereocenters. The van der Waals surface area contributed by atoms with Crippen LogP contribution in [0.3, 0.4) is 0 Å². The zero-order valence-corrected chi connectivity index (χ0v) is 13.2. The Balaban J connectivity index is 1.86. The molecule has 1 saturated heterocycles. The number of hydrogen-bond acceptors (Lipinski definition) is 4. The maximum Gasteiger partial charge on any atom is 0.238 e. The van der Waals surface area contributed by atoms with Crippen LogP contribution in [0.2, 0.25) is 0 Å². The van der Waals surface area contributed by atoms with E-state index in [4.69, 9.17) is 0 Å². The predicted octanol–water partition coefficient (Wildman–Crippen LogP) is 1.12. The molecule has 0 saturated carbocycles. The Morgan fingerprint density at radius 3 is 2.36 bits per heavy atom. The molecule has 1 aromatic carbocycles. The zero-order chi connectivity index (χ0) is 15.9. The van der Waals surface area contributed by atoms with Crippen molar-refractivity contribution in [3.05, 3.63) is 24.3 Å². The van der Waals surface area contributed by atoms with E-state index in [9.17, 15) is 9.59 Å². The number of likely N-dealkylation sites (N-methyl/N-ethyl adjacent to an activating group) is 1. The fourth-order valence-electron chi connectivity index (χ4n) is 2.44. The number of nitrogens with one attached hydrogen (secondary N) is 3. The van der Waals surface area contributed by atoms with E-state index in [0.717, 1.165) is 37.3 Å². The second-order valence-electron chi connectivity index (χ2n) is 5.90. The van der Waals surface area contributed by atoms with Crippen LogP contribution in [0.5, 0.6) is 0 Å². The maximum absolute atomic E-state index is 12.1.